The van der Waals surface area contributed by atoms with Crippen molar-refractivity contribution in [2.45, 2.75) is 30.7 Å². The van der Waals surface area contributed by atoms with Crippen LogP contribution >= 0.6 is 0 Å². The molecule has 6 nitrogen and oxygen atoms in total. The molecule has 72 valence electrons. The Kier molecular flexibility index (Phi) is 2.99. The first kappa shape index (κ1) is 9.85. The molecule has 0 aliphatic carbocycles. The summed E-state index contributed by atoms with van der Waals surface area (Å²) in [7, 11) is 0. The third kappa shape index (κ3) is 1.58. The Morgan fingerprint density at radius 3 is 2.00 bits per heavy atom. The van der Waals surface area contributed by atoms with Crippen molar-refractivity contribution in [1.29, 1.82) is 0 Å². The Hall–Kier alpha value is -0.240. The quantitative estimate of drug-likeness (QED) is 0.290. The van der Waals surface area contributed by atoms with Gasteiger partial charge in [0.25, 0.3) is 0 Å². The minimum atomic E-state index is -1.57. The van der Waals surface area contributed by atoms with E-state index < -0.39 is 37.3 Å². The van der Waals surface area contributed by atoms with Crippen molar-refractivity contribution in [3.8, 4) is 0 Å². The summed E-state index contributed by atoms with van der Waals surface area (Å²) >= 11 is 0. The maximum atomic E-state index is 9.12. The summed E-state index contributed by atoms with van der Waals surface area (Å²) in [4.78, 5) is 0. The molecule has 0 amide bonds. The predicted octanol–water partition coefficient (Wildman–Crippen LogP) is -3.22. The zero-order valence-electron chi connectivity index (χ0n) is 6.24. The first-order valence-electron chi connectivity index (χ1n) is 3.56. The van der Waals surface area contributed by atoms with Crippen LogP contribution in [-0.4, -0.2) is 62.8 Å². The lowest BCUT2D eigenvalue weighted by Gasteiger charge is -2.37. The number of aliphatic hydroxyl groups excluding tert-OH is 5. The number of aliphatic hydroxyl groups is 5. The van der Waals surface area contributed by atoms with Gasteiger partial charge in [0, 0.05) is 0 Å². The monoisotopic (exact) mass is 180 g/mol. The molecule has 5 atom stereocenters. The highest BCUT2D eigenvalue weighted by atomic mass is 16.6. The van der Waals surface area contributed by atoms with Gasteiger partial charge in [-0.3, -0.25) is 0 Å². The molecule has 1 heterocycles. The van der Waals surface area contributed by atoms with E-state index in [1.165, 1.54) is 0 Å². The maximum absolute atomic E-state index is 9.12. The van der Waals surface area contributed by atoms with Gasteiger partial charge in [-0.1, -0.05) is 0 Å². The summed E-state index contributed by atoms with van der Waals surface area (Å²) in [6.07, 6.45) is -7.04. The molecule has 0 saturated carbocycles. The lowest BCUT2D eigenvalue weighted by Crippen LogP contribution is -2.58. The summed E-state index contributed by atoms with van der Waals surface area (Å²) in [6.45, 7) is -0.526. The smallest absolute Gasteiger partial charge is 0.184 e. The van der Waals surface area contributed by atoms with Crippen LogP contribution in [0.1, 0.15) is 0 Å². The largest absolute Gasteiger partial charge is 0.394 e. The highest BCUT2D eigenvalue weighted by Crippen LogP contribution is 2.18. The van der Waals surface area contributed by atoms with E-state index in [1.54, 1.807) is 0 Å². The first-order valence-corrected chi connectivity index (χ1v) is 3.56. The Morgan fingerprint density at radius 2 is 1.50 bits per heavy atom. The predicted molar refractivity (Wildman–Crippen MR) is 36.0 cm³/mol. The molecule has 0 aromatic heterocycles. The second kappa shape index (κ2) is 3.65. The summed E-state index contributed by atoms with van der Waals surface area (Å²) in [5.74, 6) is 0. The Labute approximate surface area is 68.6 Å². The average Bonchev–Trinajstić information content (AvgIpc) is 2.08. The lowest BCUT2D eigenvalue weighted by atomic mass is 10.00. The van der Waals surface area contributed by atoms with Crippen LogP contribution < -0.4 is 0 Å². The topological polar surface area (TPSA) is 110 Å². The normalized spacial score (nSPS) is 49.2. The lowest BCUT2D eigenvalue weighted by molar-refractivity contribution is -0.286. The Balaban J connectivity index is 2.63. The van der Waals surface area contributed by atoms with Crippen molar-refractivity contribution in [1.82, 2.24) is 0 Å². The summed E-state index contributed by atoms with van der Waals surface area (Å²) in [5, 5.41) is 44.7. The van der Waals surface area contributed by atoms with Crippen LogP contribution in [0.25, 0.3) is 0 Å². The zero-order valence-corrected chi connectivity index (χ0v) is 6.24. The molecule has 0 bridgehead atoms. The van der Waals surface area contributed by atoms with E-state index in [9.17, 15) is 0 Å². The fraction of sp³-hybridized carbons (Fsp3) is 1.00. The third-order valence-corrected chi connectivity index (χ3v) is 1.87. The van der Waals surface area contributed by atoms with Gasteiger partial charge in [0.1, 0.15) is 24.4 Å². The number of rotatable bonds is 1. The highest BCUT2D eigenvalue weighted by Gasteiger charge is 2.42. The van der Waals surface area contributed by atoms with E-state index in [0.29, 0.717) is 0 Å². The molecule has 1 aliphatic rings. The van der Waals surface area contributed by atoms with Crippen LogP contribution in [0.2, 0.25) is 0 Å². The Bertz CT molecular complexity index is 146. The van der Waals surface area contributed by atoms with Crippen LogP contribution in [0.5, 0.6) is 0 Å². The minimum absolute atomic E-state index is 0.526. The molecule has 0 unspecified atom stereocenters. The van der Waals surface area contributed by atoms with Crippen molar-refractivity contribution < 1.29 is 30.3 Å². The van der Waals surface area contributed by atoms with Crippen LogP contribution in [-0.2, 0) is 4.74 Å². The molecule has 0 aromatic rings. The molecular formula is C6H12O6. The van der Waals surface area contributed by atoms with Crippen LogP contribution in [0.4, 0.5) is 0 Å². The van der Waals surface area contributed by atoms with Gasteiger partial charge in [-0.25, -0.2) is 0 Å². The molecular weight excluding hydrogens is 168 g/mol. The van der Waals surface area contributed by atoms with Crippen LogP contribution in [0, 0.1) is 0 Å². The number of ether oxygens (including phenoxy) is 1. The molecule has 0 aromatic carbocycles. The molecule has 12 heavy (non-hydrogen) atoms. The van der Waals surface area contributed by atoms with E-state index in [1.807, 2.05) is 0 Å². The summed E-state index contributed by atoms with van der Waals surface area (Å²) in [5.41, 5.74) is 0. The molecule has 1 fully saturated rings. The molecule has 1 rings (SSSR count). The fourth-order valence-electron chi connectivity index (χ4n) is 1.08. The number of hydrogen-bond acceptors (Lipinski definition) is 6. The SMILES string of the molecule is OC[C@@H]1O[C@@H](O)[C@@H](O)[C@@H](O)[C@H]1O. The van der Waals surface area contributed by atoms with E-state index in [4.69, 9.17) is 25.5 Å². The van der Waals surface area contributed by atoms with Crippen LogP contribution in [0.3, 0.4) is 0 Å². The van der Waals surface area contributed by atoms with Gasteiger partial charge in [0.05, 0.1) is 6.61 Å². The average molecular weight is 180 g/mol. The molecule has 5 N–H and O–H groups in total. The minimum Gasteiger partial charge on any atom is -0.394 e. The van der Waals surface area contributed by atoms with E-state index in [-0.39, 0.29) is 0 Å². The van der Waals surface area contributed by atoms with Crippen LogP contribution in [0.15, 0.2) is 0 Å². The standard InChI is InChI=1S/C6H12O6/c7-1-2-3(8)4(9)5(10)6(11)12-2/h2-11H,1H2/t2-,3-,4-,5-,6+/m0/s1. The second-order valence-corrected chi connectivity index (χ2v) is 2.72. The number of hydrogen-bond donors (Lipinski definition) is 5. The van der Waals surface area contributed by atoms with Gasteiger partial charge < -0.3 is 30.3 Å². The van der Waals surface area contributed by atoms with Gasteiger partial charge in [0.15, 0.2) is 6.29 Å². The third-order valence-electron chi connectivity index (χ3n) is 1.87. The van der Waals surface area contributed by atoms with Gasteiger partial charge in [0.2, 0.25) is 0 Å². The van der Waals surface area contributed by atoms with Crippen molar-refractivity contribution in [2.24, 2.45) is 0 Å². The first-order chi connectivity index (χ1) is 5.57. The highest BCUT2D eigenvalue weighted by molar-refractivity contribution is 4.87. The second-order valence-electron chi connectivity index (χ2n) is 2.72. The molecule has 0 radical (unpaired) electrons. The van der Waals surface area contributed by atoms with Crippen molar-refractivity contribution in [2.75, 3.05) is 6.61 Å². The summed E-state index contributed by atoms with van der Waals surface area (Å²) in [6, 6.07) is 0. The van der Waals surface area contributed by atoms with Crippen molar-refractivity contribution in [3.63, 3.8) is 0 Å². The van der Waals surface area contributed by atoms with Gasteiger partial charge >= 0.3 is 0 Å². The zero-order chi connectivity index (χ0) is 9.30. The molecule has 1 aliphatic heterocycles. The molecule has 6 heteroatoms. The van der Waals surface area contributed by atoms with E-state index in [0.717, 1.165) is 0 Å². The summed E-state index contributed by atoms with van der Waals surface area (Å²) < 4.78 is 4.58. The van der Waals surface area contributed by atoms with E-state index in [2.05, 4.69) is 4.74 Å². The fourth-order valence-corrected chi connectivity index (χ4v) is 1.08. The van der Waals surface area contributed by atoms with Gasteiger partial charge in [-0.05, 0) is 0 Å². The molecule has 1 saturated heterocycles. The van der Waals surface area contributed by atoms with Crippen molar-refractivity contribution in [3.05, 3.63) is 0 Å². The molecule has 0 spiro atoms. The van der Waals surface area contributed by atoms with Crippen molar-refractivity contribution >= 4 is 0 Å². The van der Waals surface area contributed by atoms with E-state index >= 15 is 0 Å². The van der Waals surface area contributed by atoms with Gasteiger partial charge in [-0.15, -0.1) is 0 Å². The van der Waals surface area contributed by atoms with Gasteiger partial charge in [-0.2, -0.15) is 0 Å². The maximum Gasteiger partial charge on any atom is 0.184 e. The Morgan fingerprint density at radius 1 is 0.917 bits per heavy atom.